The van der Waals surface area contributed by atoms with E-state index in [1.807, 2.05) is 55.8 Å². The van der Waals surface area contributed by atoms with Crippen molar-refractivity contribution in [2.24, 2.45) is 0 Å². The first-order valence-electron chi connectivity index (χ1n) is 11.0. The van der Waals surface area contributed by atoms with Crippen molar-refractivity contribution in [3.63, 3.8) is 0 Å². The lowest BCUT2D eigenvalue weighted by atomic mass is 10.1. The first-order valence-corrected chi connectivity index (χ1v) is 11.0. The second-order valence-electron chi connectivity index (χ2n) is 7.83. The van der Waals surface area contributed by atoms with Gasteiger partial charge in [-0.15, -0.1) is 0 Å². The van der Waals surface area contributed by atoms with Gasteiger partial charge < -0.3 is 18.9 Å². The quantitative estimate of drug-likeness (QED) is 0.553. The van der Waals surface area contributed by atoms with Gasteiger partial charge in [0.2, 0.25) is 0 Å². The number of hydrogen-bond donors (Lipinski definition) is 0. The molecule has 0 unspecified atom stereocenters. The summed E-state index contributed by atoms with van der Waals surface area (Å²) in [6.07, 6.45) is 3.36. The van der Waals surface area contributed by atoms with Gasteiger partial charge in [0.1, 0.15) is 0 Å². The summed E-state index contributed by atoms with van der Waals surface area (Å²) in [4.78, 5) is 21.0. The van der Waals surface area contributed by atoms with Crippen LogP contribution in [0.3, 0.4) is 0 Å². The van der Waals surface area contributed by atoms with E-state index >= 15 is 0 Å². The molecular weight excluding hydrogens is 418 g/mol. The van der Waals surface area contributed by atoms with Crippen molar-refractivity contribution in [2.45, 2.75) is 20.0 Å². The maximum Gasteiger partial charge on any atom is 0.415 e. The Bertz CT molecular complexity index is 1110. The van der Waals surface area contributed by atoms with Crippen molar-refractivity contribution >= 4 is 6.09 Å². The Morgan fingerprint density at radius 2 is 1.76 bits per heavy atom. The van der Waals surface area contributed by atoms with Crippen LogP contribution in [0.25, 0.3) is 0 Å². The number of benzene rings is 2. The molecule has 2 heterocycles. The molecule has 1 fully saturated rings. The van der Waals surface area contributed by atoms with Gasteiger partial charge in [0, 0.05) is 45.5 Å². The third-order valence-corrected chi connectivity index (χ3v) is 5.60. The summed E-state index contributed by atoms with van der Waals surface area (Å²) in [6, 6.07) is 17.0. The number of nitrogens with zero attached hydrogens (tertiary/aromatic N) is 5. The van der Waals surface area contributed by atoms with Crippen LogP contribution in [0.4, 0.5) is 4.79 Å². The normalized spacial score (nSPS) is 14.0. The van der Waals surface area contributed by atoms with E-state index < -0.39 is 0 Å². The van der Waals surface area contributed by atoms with Gasteiger partial charge in [-0.25, -0.2) is 9.78 Å². The molecule has 0 aliphatic carbocycles. The summed E-state index contributed by atoms with van der Waals surface area (Å²) >= 11 is 0. The van der Waals surface area contributed by atoms with Crippen molar-refractivity contribution < 1.29 is 14.3 Å². The Kier molecular flexibility index (Phi) is 7.22. The number of hydrogen-bond acceptors (Lipinski definition) is 6. The zero-order chi connectivity index (χ0) is 23.0. The highest BCUT2D eigenvalue weighted by molar-refractivity contribution is 5.71. The number of imidazole rings is 1. The number of aromatic nitrogens is 2. The number of nitriles is 1. The molecule has 3 aromatic rings. The van der Waals surface area contributed by atoms with E-state index in [1.54, 1.807) is 17.0 Å². The highest BCUT2D eigenvalue weighted by Gasteiger charge is 2.24. The van der Waals surface area contributed by atoms with Gasteiger partial charge in [-0.05, 0) is 36.8 Å². The van der Waals surface area contributed by atoms with Crippen molar-refractivity contribution in [3.05, 3.63) is 77.9 Å². The lowest BCUT2D eigenvalue weighted by Gasteiger charge is -2.34. The summed E-state index contributed by atoms with van der Waals surface area (Å²) in [7, 11) is 0. The van der Waals surface area contributed by atoms with Gasteiger partial charge >= 0.3 is 6.09 Å². The fourth-order valence-corrected chi connectivity index (χ4v) is 3.79. The van der Waals surface area contributed by atoms with Gasteiger partial charge in [-0.1, -0.05) is 24.3 Å². The molecule has 0 atom stereocenters. The largest absolute Gasteiger partial charge is 0.490 e. The van der Waals surface area contributed by atoms with Gasteiger partial charge in [-0.3, -0.25) is 4.90 Å². The molecule has 2 aromatic carbocycles. The molecule has 0 radical (unpaired) electrons. The van der Waals surface area contributed by atoms with Gasteiger partial charge in [0.25, 0.3) is 0 Å². The zero-order valence-electron chi connectivity index (χ0n) is 18.7. The van der Waals surface area contributed by atoms with Crippen LogP contribution in [0.5, 0.6) is 11.5 Å². The molecule has 1 aliphatic rings. The first kappa shape index (κ1) is 22.4. The second-order valence-corrected chi connectivity index (χ2v) is 7.83. The van der Waals surface area contributed by atoms with Crippen LogP contribution in [0.2, 0.25) is 0 Å². The Morgan fingerprint density at radius 3 is 2.45 bits per heavy atom. The summed E-state index contributed by atoms with van der Waals surface area (Å²) in [6.45, 7) is 6.56. The number of carbonyl (C=O) groups is 1. The number of ether oxygens (including phenoxy) is 2. The highest BCUT2D eigenvalue weighted by atomic mass is 16.6. The van der Waals surface area contributed by atoms with Gasteiger partial charge in [0.05, 0.1) is 30.3 Å². The third kappa shape index (κ3) is 5.70. The molecule has 0 spiro atoms. The average Bonchev–Trinajstić information content (AvgIpc) is 3.27. The number of amides is 1. The zero-order valence-corrected chi connectivity index (χ0v) is 18.7. The predicted octanol–water partition coefficient (Wildman–Crippen LogP) is 3.52. The Labute approximate surface area is 193 Å². The molecule has 8 heteroatoms. The van der Waals surface area contributed by atoms with E-state index in [9.17, 15) is 4.79 Å². The monoisotopic (exact) mass is 445 g/mol. The Morgan fingerprint density at radius 1 is 1.03 bits per heavy atom. The number of para-hydroxylation sites is 2. The SMILES string of the molecule is CCOc1ccccc1OC(=O)N1CCN(Cc2cncn2Cc2ccc(C#N)cc2)CC1. The summed E-state index contributed by atoms with van der Waals surface area (Å²) in [5.41, 5.74) is 2.89. The Hall–Kier alpha value is -3.83. The third-order valence-electron chi connectivity index (χ3n) is 5.60. The van der Waals surface area contributed by atoms with E-state index in [2.05, 4.69) is 20.5 Å². The van der Waals surface area contributed by atoms with Crippen molar-refractivity contribution in [2.75, 3.05) is 32.8 Å². The summed E-state index contributed by atoms with van der Waals surface area (Å²) in [5.74, 6) is 1.01. The van der Waals surface area contributed by atoms with Crippen LogP contribution in [0, 0.1) is 11.3 Å². The standard InChI is InChI=1S/C25H27N5O3/c1-2-32-23-5-3-4-6-24(23)33-25(31)29-13-11-28(12-14-29)18-22-16-27-19-30(22)17-21-9-7-20(15-26)8-10-21/h3-10,16,19H,2,11-14,17-18H2,1H3. The lowest BCUT2D eigenvalue weighted by molar-refractivity contribution is 0.106. The second kappa shape index (κ2) is 10.7. The van der Waals surface area contributed by atoms with Crippen LogP contribution in [0.15, 0.2) is 61.1 Å². The van der Waals surface area contributed by atoms with Crippen LogP contribution >= 0.6 is 0 Å². The minimum Gasteiger partial charge on any atom is -0.490 e. The lowest BCUT2D eigenvalue weighted by Crippen LogP contribution is -2.49. The molecule has 1 aliphatic heterocycles. The molecule has 170 valence electrons. The van der Waals surface area contributed by atoms with Crippen LogP contribution in [0.1, 0.15) is 23.7 Å². The Balaban J connectivity index is 1.30. The molecule has 0 N–H and O–H groups in total. The fourth-order valence-electron chi connectivity index (χ4n) is 3.79. The summed E-state index contributed by atoms with van der Waals surface area (Å²) < 4.78 is 13.2. The van der Waals surface area contributed by atoms with Crippen molar-refractivity contribution in [1.82, 2.24) is 19.4 Å². The molecule has 0 saturated carbocycles. The molecule has 8 nitrogen and oxygen atoms in total. The predicted molar refractivity (Wildman–Crippen MR) is 123 cm³/mol. The van der Waals surface area contributed by atoms with E-state index in [4.69, 9.17) is 14.7 Å². The van der Waals surface area contributed by atoms with E-state index in [0.717, 1.165) is 30.9 Å². The van der Waals surface area contributed by atoms with E-state index in [0.29, 0.717) is 43.3 Å². The number of piperazine rings is 1. The van der Waals surface area contributed by atoms with E-state index in [1.165, 1.54) is 0 Å². The van der Waals surface area contributed by atoms with Crippen LogP contribution in [-0.2, 0) is 13.1 Å². The van der Waals surface area contributed by atoms with Crippen molar-refractivity contribution in [1.29, 1.82) is 5.26 Å². The molecule has 4 rings (SSSR count). The maximum atomic E-state index is 12.6. The van der Waals surface area contributed by atoms with Gasteiger partial charge in [-0.2, -0.15) is 5.26 Å². The topological polar surface area (TPSA) is 83.6 Å². The maximum absolute atomic E-state index is 12.6. The fraction of sp³-hybridized carbons (Fsp3) is 0.320. The van der Waals surface area contributed by atoms with Crippen LogP contribution < -0.4 is 9.47 Å². The molecule has 33 heavy (non-hydrogen) atoms. The van der Waals surface area contributed by atoms with E-state index in [-0.39, 0.29) is 6.09 Å². The first-order chi connectivity index (χ1) is 16.2. The molecule has 1 aromatic heterocycles. The number of rotatable bonds is 7. The molecule has 0 bridgehead atoms. The smallest absolute Gasteiger partial charge is 0.415 e. The summed E-state index contributed by atoms with van der Waals surface area (Å²) in [5, 5.41) is 8.96. The molecule has 1 saturated heterocycles. The van der Waals surface area contributed by atoms with Crippen molar-refractivity contribution in [3.8, 4) is 17.6 Å². The minimum absolute atomic E-state index is 0.354. The number of carbonyl (C=O) groups excluding carboxylic acids is 1. The molecule has 1 amide bonds. The average molecular weight is 446 g/mol. The highest BCUT2D eigenvalue weighted by Crippen LogP contribution is 2.27. The molecular formula is C25H27N5O3. The van der Waals surface area contributed by atoms with Gasteiger partial charge in [0.15, 0.2) is 11.5 Å². The van der Waals surface area contributed by atoms with Crippen LogP contribution in [-0.4, -0.2) is 58.2 Å². The minimum atomic E-state index is -0.354.